The fourth-order valence-corrected chi connectivity index (χ4v) is 3.27. The Labute approximate surface area is 117 Å². The lowest BCUT2D eigenvalue weighted by molar-refractivity contribution is 0.175. The van der Waals surface area contributed by atoms with E-state index < -0.39 is 0 Å². The number of aliphatic hydroxyl groups excluding tert-OH is 1. The quantitative estimate of drug-likeness (QED) is 0.501. The first-order valence-corrected chi connectivity index (χ1v) is 7.14. The molecule has 98 valence electrons. The Morgan fingerprint density at radius 3 is 2.10 bits per heavy atom. The average molecular weight is 260 g/mol. The van der Waals surface area contributed by atoms with Crippen LogP contribution in [-0.4, -0.2) is 5.11 Å². The molecule has 0 spiro atoms. The van der Waals surface area contributed by atoms with Gasteiger partial charge in [0.05, 0.1) is 6.10 Å². The Kier molecular flexibility index (Phi) is 2.45. The summed E-state index contributed by atoms with van der Waals surface area (Å²) in [5.74, 6) is 0. The maximum absolute atomic E-state index is 10.3. The Balaban J connectivity index is 2.26. The van der Waals surface area contributed by atoms with E-state index in [4.69, 9.17) is 0 Å². The second kappa shape index (κ2) is 4.19. The van der Waals surface area contributed by atoms with Gasteiger partial charge in [0, 0.05) is 0 Å². The molecule has 0 saturated carbocycles. The first-order chi connectivity index (χ1) is 9.79. The molecule has 0 saturated heterocycles. The molecular formula is C19H16O. The van der Waals surface area contributed by atoms with Crippen molar-refractivity contribution in [1.29, 1.82) is 0 Å². The molecule has 0 aliphatic carbocycles. The topological polar surface area (TPSA) is 20.2 Å². The molecule has 1 N–H and O–H groups in total. The number of hydrogen-bond acceptors (Lipinski definition) is 1. The number of rotatable bonds is 2. The molecule has 0 amide bonds. The van der Waals surface area contributed by atoms with E-state index >= 15 is 0 Å². The fraction of sp³-hybridized carbons (Fsp3) is 0.158. The van der Waals surface area contributed by atoms with Gasteiger partial charge in [0.2, 0.25) is 0 Å². The van der Waals surface area contributed by atoms with Crippen LogP contribution in [0.4, 0.5) is 0 Å². The summed E-state index contributed by atoms with van der Waals surface area (Å²) in [7, 11) is 0. The van der Waals surface area contributed by atoms with Gasteiger partial charge in [-0.15, -0.1) is 0 Å². The van der Waals surface area contributed by atoms with E-state index in [0.29, 0.717) is 0 Å². The molecule has 0 aromatic heterocycles. The first-order valence-electron chi connectivity index (χ1n) is 7.14. The van der Waals surface area contributed by atoms with Crippen LogP contribution in [0.2, 0.25) is 0 Å². The van der Waals surface area contributed by atoms with Gasteiger partial charge >= 0.3 is 0 Å². The van der Waals surface area contributed by atoms with E-state index in [9.17, 15) is 5.11 Å². The minimum atomic E-state index is -0.389. The molecule has 1 nitrogen and oxygen atoms in total. The van der Waals surface area contributed by atoms with Crippen molar-refractivity contribution in [2.75, 3.05) is 0 Å². The number of hydrogen-bond donors (Lipinski definition) is 1. The van der Waals surface area contributed by atoms with Crippen LogP contribution in [0.5, 0.6) is 0 Å². The third kappa shape index (κ3) is 1.47. The van der Waals surface area contributed by atoms with Gasteiger partial charge in [-0.1, -0.05) is 61.5 Å². The predicted octanol–water partition coefficient (Wildman–Crippen LogP) is 5.03. The average Bonchev–Trinajstić information content (AvgIpc) is 2.51. The molecule has 0 heterocycles. The van der Waals surface area contributed by atoms with Crippen molar-refractivity contribution in [2.24, 2.45) is 0 Å². The second-order valence-electron chi connectivity index (χ2n) is 5.43. The molecule has 0 radical (unpaired) electrons. The Bertz CT molecular complexity index is 892. The molecule has 0 aliphatic heterocycles. The zero-order chi connectivity index (χ0) is 13.7. The molecule has 4 aromatic rings. The molecule has 0 bridgehead atoms. The van der Waals surface area contributed by atoms with Gasteiger partial charge in [-0.3, -0.25) is 0 Å². The maximum atomic E-state index is 10.3. The SMILES string of the molecule is CC[C@H](O)c1ccc2ccc3cccc4ccc1c2c34. The zero-order valence-corrected chi connectivity index (χ0v) is 11.4. The van der Waals surface area contributed by atoms with Crippen molar-refractivity contribution in [2.45, 2.75) is 19.4 Å². The van der Waals surface area contributed by atoms with Crippen LogP contribution in [0.25, 0.3) is 32.3 Å². The van der Waals surface area contributed by atoms with E-state index in [1.165, 1.54) is 32.3 Å². The number of benzene rings is 4. The van der Waals surface area contributed by atoms with Crippen molar-refractivity contribution in [3.63, 3.8) is 0 Å². The van der Waals surface area contributed by atoms with Crippen LogP contribution < -0.4 is 0 Å². The summed E-state index contributed by atoms with van der Waals surface area (Å²) in [6, 6.07) is 19.3. The minimum Gasteiger partial charge on any atom is -0.388 e. The van der Waals surface area contributed by atoms with Crippen LogP contribution in [0.1, 0.15) is 25.0 Å². The Morgan fingerprint density at radius 2 is 1.40 bits per heavy atom. The summed E-state index contributed by atoms with van der Waals surface area (Å²) in [4.78, 5) is 0. The first kappa shape index (κ1) is 11.7. The third-order valence-corrected chi connectivity index (χ3v) is 4.31. The highest BCUT2D eigenvalue weighted by Gasteiger charge is 2.13. The summed E-state index contributed by atoms with van der Waals surface area (Å²) in [5, 5.41) is 17.8. The van der Waals surface area contributed by atoms with Gasteiger partial charge in [0.15, 0.2) is 0 Å². The van der Waals surface area contributed by atoms with E-state index in [1.807, 2.05) is 6.92 Å². The minimum absolute atomic E-state index is 0.389. The third-order valence-electron chi connectivity index (χ3n) is 4.31. The van der Waals surface area contributed by atoms with E-state index in [2.05, 4.69) is 54.6 Å². The molecule has 4 aromatic carbocycles. The molecule has 0 unspecified atom stereocenters. The molecular weight excluding hydrogens is 244 g/mol. The van der Waals surface area contributed by atoms with Crippen LogP contribution in [0.3, 0.4) is 0 Å². The maximum Gasteiger partial charge on any atom is 0.0793 e. The lowest BCUT2D eigenvalue weighted by Crippen LogP contribution is -1.97. The van der Waals surface area contributed by atoms with Crippen molar-refractivity contribution in [1.82, 2.24) is 0 Å². The number of aliphatic hydroxyl groups is 1. The summed E-state index contributed by atoms with van der Waals surface area (Å²) >= 11 is 0. The van der Waals surface area contributed by atoms with E-state index in [-0.39, 0.29) is 6.10 Å². The van der Waals surface area contributed by atoms with Crippen LogP contribution >= 0.6 is 0 Å². The summed E-state index contributed by atoms with van der Waals surface area (Å²) in [6.45, 7) is 2.02. The smallest absolute Gasteiger partial charge is 0.0793 e. The molecule has 1 heteroatoms. The monoisotopic (exact) mass is 260 g/mol. The van der Waals surface area contributed by atoms with Crippen molar-refractivity contribution in [3.8, 4) is 0 Å². The van der Waals surface area contributed by atoms with Crippen molar-refractivity contribution in [3.05, 3.63) is 60.2 Å². The highest BCUT2D eigenvalue weighted by Crippen LogP contribution is 2.37. The largest absolute Gasteiger partial charge is 0.388 e. The van der Waals surface area contributed by atoms with Crippen LogP contribution in [0, 0.1) is 0 Å². The molecule has 1 atom stereocenters. The highest BCUT2D eigenvalue weighted by molar-refractivity contribution is 6.23. The van der Waals surface area contributed by atoms with Crippen LogP contribution in [0.15, 0.2) is 54.6 Å². The summed E-state index contributed by atoms with van der Waals surface area (Å²) in [6.07, 6.45) is 0.351. The van der Waals surface area contributed by atoms with Gasteiger partial charge in [-0.2, -0.15) is 0 Å². The normalized spacial score (nSPS) is 13.5. The molecule has 0 fully saturated rings. The van der Waals surface area contributed by atoms with Crippen molar-refractivity contribution >= 4 is 32.3 Å². The van der Waals surface area contributed by atoms with E-state index in [1.54, 1.807) is 0 Å². The second-order valence-corrected chi connectivity index (χ2v) is 5.43. The molecule has 0 aliphatic rings. The lowest BCUT2D eigenvalue weighted by Gasteiger charge is -2.16. The lowest BCUT2D eigenvalue weighted by atomic mass is 9.90. The summed E-state index contributed by atoms with van der Waals surface area (Å²) in [5.41, 5.74) is 1.04. The van der Waals surface area contributed by atoms with Gasteiger partial charge in [-0.05, 0) is 44.3 Å². The predicted molar refractivity (Wildman–Crippen MR) is 85.4 cm³/mol. The van der Waals surface area contributed by atoms with Gasteiger partial charge in [-0.25, -0.2) is 0 Å². The van der Waals surface area contributed by atoms with Crippen LogP contribution in [-0.2, 0) is 0 Å². The van der Waals surface area contributed by atoms with Gasteiger partial charge < -0.3 is 5.11 Å². The summed E-state index contributed by atoms with van der Waals surface area (Å²) < 4.78 is 0. The fourth-order valence-electron chi connectivity index (χ4n) is 3.27. The van der Waals surface area contributed by atoms with E-state index in [0.717, 1.165) is 12.0 Å². The van der Waals surface area contributed by atoms with Gasteiger partial charge in [0.1, 0.15) is 0 Å². The Hall–Kier alpha value is -2.12. The van der Waals surface area contributed by atoms with Crippen molar-refractivity contribution < 1.29 is 5.11 Å². The van der Waals surface area contributed by atoms with Gasteiger partial charge in [0.25, 0.3) is 0 Å². The molecule has 4 rings (SSSR count). The highest BCUT2D eigenvalue weighted by atomic mass is 16.3. The Morgan fingerprint density at radius 1 is 0.800 bits per heavy atom. The molecule has 20 heavy (non-hydrogen) atoms. The zero-order valence-electron chi connectivity index (χ0n) is 11.4. The standard InChI is InChI=1S/C19H16O/c1-2-17(20)15-10-8-14-7-6-12-4-3-5-13-9-11-16(15)19(14)18(12)13/h3-11,17,20H,2H2,1H3/t17-/m0/s1.